The van der Waals surface area contributed by atoms with Crippen molar-refractivity contribution < 1.29 is 0 Å². The third kappa shape index (κ3) is 3.06. The summed E-state index contributed by atoms with van der Waals surface area (Å²) in [4.78, 5) is 16.0. The van der Waals surface area contributed by atoms with E-state index < -0.39 is 0 Å². The molecule has 3 heterocycles. The van der Waals surface area contributed by atoms with Crippen molar-refractivity contribution in [2.24, 2.45) is 11.1 Å². The van der Waals surface area contributed by atoms with Gasteiger partial charge in [0.1, 0.15) is 16.7 Å². The van der Waals surface area contributed by atoms with Gasteiger partial charge in [0.05, 0.1) is 11.2 Å². The van der Waals surface area contributed by atoms with Crippen LogP contribution in [0.5, 0.6) is 0 Å². The van der Waals surface area contributed by atoms with E-state index in [0.717, 1.165) is 43.1 Å². The van der Waals surface area contributed by atoms with Crippen LogP contribution in [0.15, 0.2) is 28.4 Å². The second kappa shape index (κ2) is 6.75. The van der Waals surface area contributed by atoms with E-state index in [1.165, 1.54) is 18.2 Å². The lowest BCUT2D eigenvalue weighted by Gasteiger charge is -2.52. The second-order valence-corrected chi connectivity index (χ2v) is 8.43. The number of rotatable bonds is 3. The molecule has 1 aliphatic heterocycles. The third-order valence-corrected chi connectivity index (χ3v) is 7.24. The van der Waals surface area contributed by atoms with Gasteiger partial charge in [-0.05, 0) is 37.2 Å². The summed E-state index contributed by atoms with van der Waals surface area (Å²) in [5.74, 6) is 1.49. The minimum absolute atomic E-state index is 0.288. The molecule has 2 aromatic rings. The highest BCUT2D eigenvalue weighted by Gasteiger charge is 2.46. The smallest absolute Gasteiger partial charge is 0.158 e. The van der Waals surface area contributed by atoms with Crippen molar-refractivity contribution in [2.75, 3.05) is 29.5 Å². The van der Waals surface area contributed by atoms with Gasteiger partial charge < -0.3 is 22.1 Å². The summed E-state index contributed by atoms with van der Waals surface area (Å²) < 4.78 is 0. The normalized spacial score (nSPS) is 21.6. The fourth-order valence-corrected chi connectivity index (χ4v) is 4.77. The maximum Gasteiger partial charge on any atom is 0.158 e. The first-order valence-electron chi connectivity index (χ1n) is 8.69. The SMILES string of the molecule is Nc1nc(N2CCC3(CCC3N)CC2)cnc1Sc1ccnc(N)c1Cl. The average molecular weight is 392 g/mol. The highest BCUT2D eigenvalue weighted by atomic mass is 35.5. The largest absolute Gasteiger partial charge is 0.382 e. The number of hydrogen-bond acceptors (Lipinski definition) is 8. The van der Waals surface area contributed by atoms with Crippen LogP contribution in [0.2, 0.25) is 5.02 Å². The van der Waals surface area contributed by atoms with Gasteiger partial charge in [-0.25, -0.2) is 15.0 Å². The lowest BCUT2D eigenvalue weighted by atomic mass is 9.60. The lowest BCUT2D eigenvalue weighted by molar-refractivity contribution is 0.0610. The van der Waals surface area contributed by atoms with Crippen LogP contribution in [0.4, 0.5) is 17.5 Å². The zero-order chi connectivity index (χ0) is 18.3. The maximum absolute atomic E-state index is 6.22. The summed E-state index contributed by atoms with van der Waals surface area (Å²) >= 11 is 7.53. The quantitative estimate of drug-likeness (QED) is 0.729. The van der Waals surface area contributed by atoms with Gasteiger partial charge in [0.2, 0.25) is 0 Å². The van der Waals surface area contributed by atoms with Gasteiger partial charge in [-0.15, -0.1) is 0 Å². The van der Waals surface area contributed by atoms with Gasteiger partial charge in [0.25, 0.3) is 0 Å². The fraction of sp³-hybridized carbons (Fsp3) is 0.471. The van der Waals surface area contributed by atoms with Crippen molar-refractivity contribution in [1.82, 2.24) is 15.0 Å². The molecule has 9 heteroatoms. The predicted octanol–water partition coefficient (Wildman–Crippen LogP) is 2.55. The Labute approximate surface area is 161 Å². The number of nitrogen functional groups attached to an aromatic ring is 2. The Morgan fingerprint density at radius 1 is 1.15 bits per heavy atom. The lowest BCUT2D eigenvalue weighted by Crippen LogP contribution is -2.56. The van der Waals surface area contributed by atoms with E-state index >= 15 is 0 Å². The van der Waals surface area contributed by atoms with Crippen LogP contribution < -0.4 is 22.1 Å². The number of piperidine rings is 1. The van der Waals surface area contributed by atoms with Gasteiger partial charge in [-0.2, -0.15) is 0 Å². The topological polar surface area (TPSA) is 120 Å². The first kappa shape index (κ1) is 17.6. The zero-order valence-corrected chi connectivity index (χ0v) is 15.9. The summed E-state index contributed by atoms with van der Waals surface area (Å²) in [6, 6.07) is 2.14. The third-order valence-electron chi connectivity index (χ3n) is 5.66. The molecule has 26 heavy (non-hydrogen) atoms. The highest BCUT2D eigenvalue weighted by molar-refractivity contribution is 7.99. The summed E-state index contributed by atoms with van der Waals surface area (Å²) in [6.45, 7) is 1.89. The van der Waals surface area contributed by atoms with Crippen LogP contribution >= 0.6 is 23.4 Å². The molecule has 0 aromatic carbocycles. The molecular weight excluding hydrogens is 370 g/mol. The summed E-state index contributed by atoms with van der Waals surface area (Å²) in [7, 11) is 0. The van der Waals surface area contributed by atoms with E-state index in [0.29, 0.717) is 27.3 Å². The fourth-order valence-electron chi connectivity index (χ4n) is 3.76. The van der Waals surface area contributed by atoms with Gasteiger partial charge in [0.15, 0.2) is 5.82 Å². The molecule has 2 aromatic heterocycles. The predicted molar refractivity (Wildman–Crippen MR) is 105 cm³/mol. The molecule has 0 radical (unpaired) electrons. The molecular formula is C17H22ClN7S. The number of nitrogens with zero attached hydrogens (tertiary/aromatic N) is 4. The van der Waals surface area contributed by atoms with Crippen LogP contribution in [-0.2, 0) is 0 Å². The Hall–Kier alpha value is -1.77. The van der Waals surface area contributed by atoms with Gasteiger partial charge in [0, 0.05) is 30.2 Å². The summed E-state index contributed by atoms with van der Waals surface area (Å²) in [6.07, 6.45) is 8.00. The monoisotopic (exact) mass is 391 g/mol. The molecule has 4 rings (SSSR count). The number of aromatic nitrogens is 3. The van der Waals surface area contributed by atoms with Crippen molar-refractivity contribution in [3.8, 4) is 0 Å². The Bertz CT molecular complexity index is 823. The molecule has 1 atom stereocenters. The molecule has 138 valence electrons. The number of anilines is 3. The van der Waals surface area contributed by atoms with Crippen molar-refractivity contribution >= 4 is 40.8 Å². The maximum atomic E-state index is 6.22. The first-order valence-corrected chi connectivity index (χ1v) is 9.89. The number of pyridine rings is 1. The number of nitrogens with two attached hydrogens (primary N) is 3. The van der Waals surface area contributed by atoms with Crippen molar-refractivity contribution in [3.05, 3.63) is 23.5 Å². The van der Waals surface area contributed by atoms with Crippen LogP contribution in [0, 0.1) is 5.41 Å². The molecule has 2 fully saturated rings. The zero-order valence-electron chi connectivity index (χ0n) is 14.4. The molecule has 1 unspecified atom stereocenters. The minimum Gasteiger partial charge on any atom is -0.382 e. The Morgan fingerprint density at radius 2 is 1.92 bits per heavy atom. The van der Waals surface area contributed by atoms with Gasteiger partial charge in [-0.1, -0.05) is 23.4 Å². The number of halogens is 1. The summed E-state index contributed by atoms with van der Waals surface area (Å²) in [5.41, 5.74) is 18.5. The molecule has 7 nitrogen and oxygen atoms in total. The average Bonchev–Trinajstić information content (AvgIpc) is 2.66. The molecule has 0 amide bonds. The first-order chi connectivity index (χ1) is 12.5. The van der Waals surface area contributed by atoms with E-state index in [4.69, 9.17) is 28.8 Å². The van der Waals surface area contributed by atoms with Crippen LogP contribution in [0.1, 0.15) is 25.7 Å². The molecule has 0 bridgehead atoms. The minimum atomic E-state index is 0.288. The Morgan fingerprint density at radius 3 is 2.54 bits per heavy atom. The number of hydrogen-bond donors (Lipinski definition) is 3. The van der Waals surface area contributed by atoms with Gasteiger partial charge >= 0.3 is 0 Å². The van der Waals surface area contributed by atoms with E-state index in [1.54, 1.807) is 18.5 Å². The van der Waals surface area contributed by atoms with Crippen molar-refractivity contribution in [3.63, 3.8) is 0 Å². The van der Waals surface area contributed by atoms with E-state index in [9.17, 15) is 0 Å². The molecule has 1 saturated heterocycles. The standard InChI is InChI=1S/C17H22ClN7S/c18-13-10(2-6-22-14(13)20)26-16-15(21)24-12(9-23-16)25-7-4-17(5-8-25)3-1-11(17)19/h2,6,9,11H,1,3-5,7-8,19H2,(H2,20,22)(H2,21,24). The van der Waals surface area contributed by atoms with E-state index in [-0.39, 0.29) is 5.82 Å². The Balaban J connectivity index is 1.47. The molecule has 1 spiro atoms. The van der Waals surface area contributed by atoms with Crippen LogP contribution in [0.25, 0.3) is 0 Å². The van der Waals surface area contributed by atoms with E-state index in [1.807, 2.05) is 0 Å². The molecule has 6 N–H and O–H groups in total. The van der Waals surface area contributed by atoms with E-state index in [2.05, 4.69) is 19.9 Å². The summed E-state index contributed by atoms with van der Waals surface area (Å²) in [5, 5.41) is 1.01. The highest BCUT2D eigenvalue weighted by Crippen LogP contribution is 2.48. The van der Waals surface area contributed by atoms with Crippen molar-refractivity contribution in [2.45, 2.75) is 41.6 Å². The Kier molecular flexibility index (Phi) is 4.58. The molecule has 1 saturated carbocycles. The molecule has 2 aliphatic rings. The van der Waals surface area contributed by atoms with Gasteiger partial charge in [-0.3, -0.25) is 0 Å². The van der Waals surface area contributed by atoms with Crippen molar-refractivity contribution in [1.29, 1.82) is 0 Å². The molecule has 1 aliphatic carbocycles. The van der Waals surface area contributed by atoms with Crippen LogP contribution in [-0.4, -0.2) is 34.1 Å². The van der Waals surface area contributed by atoms with Crippen LogP contribution in [0.3, 0.4) is 0 Å². The second-order valence-electron chi connectivity index (χ2n) is 7.02.